The molecule has 144 valence electrons. The van der Waals surface area contributed by atoms with Crippen LogP contribution in [0.1, 0.15) is 40.5 Å². The first kappa shape index (κ1) is 17.9. The number of hydrogen-bond donors (Lipinski definition) is 1. The van der Waals surface area contributed by atoms with Crippen LogP contribution >= 0.6 is 0 Å². The highest BCUT2D eigenvalue weighted by molar-refractivity contribution is 5.67. The van der Waals surface area contributed by atoms with Crippen LogP contribution < -0.4 is 0 Å². The largest absolute Gasteiger partial charge is 0.465 e. The number of ether oxygens (including phenoxy) is 4. The molecule has 0 aromatic rings. The maximum Gasteiger partial charge on any atom is 0.303 e. The van der Waals surface area contributed by atoms with Crippen molar-refractivity contribution in [3.63, 3.8) is 0 Å². The zero-order chi connectivity index (χ0) is 18.9. The maximum absolute atomic E-state index is 11.8. The van der Waals surface area contributed by atoms with Crippen molar-refractivity contribution in [2.75, 3.05) is 13.2 Å². The van der Waals surface area contributed by atoms with Gasteiger partial charge in [0.15, 0.2) is 0 Å². The van der Waals surface area contributed by atoms with E-state index in [0.717, 1.165) is 6.42 Å². The van der Waals surface area contributed by atoms with Gasteiger partial charge in [0.2, 0.25) is 0 Å². The van der Waals surface area contributed by atoms with Crippen molar-refractivity contribution in [2.45, 2.75) is 70.6 Å². The van der Waals surface area contributed by atoms with Crippen LogP contribution in [0, 0.1) is 10.8 Å². The Morgan fingerprint density at radius 2 is 2.04 bits per heavy atom. The molecule has 0 unspecified atom stereocenters. The molecule has 0 aromatic carbocycles. The smallest absolute Gasteiger partial charge is 0.303 e. The summed E-state index contributed by atoms with van der Waals surface area (Å²) in [5.41, 5.74) is -0.890. The standard InChI is InChI=1S/C19H26O7/c1-10-5-6-18(8-23-11(2)20)13(7-10)26-16-14(22)15(25-12(3)21)17(18,4)19(16)9-24-19/h7,13-16,22H,5-6,8-9H2,1-4H3/t13-,14-,15+,16-,17-,18+,19-/m1/s1. The minimum absolute atomic E-state index is 0.135. The van der Waals surface area contributed by atoms with Gasteiger partial charge >= 0.3 is 11.9 Å². The predicted molar refractivity (Wildman–Crippen MR) is 89.1 cm³/mol. The molecule has 0 radical (unpaired) electrons. The van der Waals surface area contributed by atoms with Crippen molar-refractivity contribution in [1.29, 1.82) is 0 Å². The molecule has 3 fully saturated rings. The van der Waals surface area contributed by atoms with Gasteiger partial charge in [0, 0.05) is 19.3 Å². The molecule has 2 heterocycles. The van der Waals surface area contributed by atoms with Crippen LogP contribution in [0.15, 0.2) is 11.6 Å². The van der Waals surface area contributed by atoms with E-state index in [9.17, 15) is 14.7 Å². The second-order valence-corrected chi connectivity index (χ2v) is 8.33. The summed E-state index contributed by atoms with van der Waals surface area (Å²) in [7, 11) is 0. The first-order valence-corrected chi connectivity index (χ1v) is 9.13. The van der Waals surface area contributed by atoms with Gasteiger partial charge < -0.3 is 24.1 Å². The molecule has 1 saturated carbocycles. The van der Waals surface area contributed by atoms with E-state index in [1.165, 1.54) is 19.4 Å². The van der Waals surface area contributed by atoms with Gasteiger partial charge in [0.25, 0.3) is 0 Å². The average molecular weight is 366 g/mol. The number of aliphatic hydroxyl groups excluding tert-OH is 1. The summed E-state index contributed by atoms with van der Waals surface area (Å²) < 4.78 is 23.3. The van der Waals surface area contributed by atoms with E-state index < -0.39 is 40.7 Å². The summed E-state index contributed by atoms with van der Waals surface area (Å²) in [6.45, 7) is 7.31. The third-order valence-electron chi connectivity index (χ3n) is 7.08. The van der Waals surface area contributed by atoms with Gasteiger partial charge in [-0.2, -0.15) is 0 Å². The third kappa shape index (κ3) is 2.05. The molecule has 0 aromatic heterocycles. The topological polar surface area (TPSA) is 94.6 Å². The molecule has 0 amide bonds. The Balaban J connectivity index is 1.86. The van der Waals surface area contributed by atoms with Gasteiger partial charge in [-0.1, -0.05) is 18.6 Å². The lowest BCUT2D eigenvalue weighted by Gasteiger charge is -2.58. The summed E-state index contributed by atoms with van der Waals surface area (Å²) in [5.74, 6) is -0.830. The molecule has 4 rings (SSSR count). The number of fused-ring (bicyclic) bond motifs is 2. The molecule has 7 heteroatoms. The fraction of sp³-hybridized carbons (Fsp3) is 0.789. The number of epoxide rings is 1. The van der Waals surface area contributed by atoms with Gasteiger partial charge in [-0.15, -0.1) is 0 Å². The molecule has 4 aliphatic rings. The summed E-state index contributed by atoms with van der Waals surface area (Å²) in [5, 5.41) is 10.9. The van der Waals surface area contributed by atoms with Gasteiger partial charge in [-0.25, -0.2) is 0 Å². The Morgan fingerprint density at radius 1 is 1.35 bits per heavy atom. The zero-order valence-electron chi connectivity index (χ0n) is 15.6. The summed E-state index contributed by atoms with van der Waals surface area (Å²) in [6.07, 6.45) is 0.896. The Labute approximate surface area is 152 Å². The molecular weight excluding hydrogens is 340 g/mol. The van der Waals surface area contributed by atoms with Gasteiger partial charge in [-0.3, -0.25) is 9.59 Å². The molecule has 2 aliphatic heterocycles. The van der Waals surface area contributed by atoms with Crippen molar-refractivity contribution in [1.82, 2.24) is 0 Å². The molecule has 2 saturated heterocycles. The van der Waals surface area contributed by atoms with Crippen LogP contribution in [0.5, 0.6) is 0 Å². The van der Waals surface area contributed by atoms with E-state index in [1.54, 1.807) is 0 Å². The third-order valence-corrected chi connectivity index (χ3v) is 7.08. The molecule has 26 heavy (non-hydrogen) atoms. The van der Waals surface area contributed by atoms with Crippen LogP contribution in [-0.2, 0) is 28.5 Å². The van der Waals surface area contributed by atoms with Crippen molar-refractivity contribution < 1.29 is 33.6 Å². The van der Waals surface area contributed by atoms with Crippen molar-refractivity contribution in [3.8, 4) is 0 Å². The number of aliphatic hydroxyl groups is 1. The van der Waals surface area contributed by atoms with Crippen molar-refractivity contribution >= 4 is 11.9 Å². The highest BCUT2D eigenvalue weighted by atomic mass is 16.7. The highest BCUT2D eigenvalue weighted by Gasteiger charge is 2.85. The number of hydrogen-bond acceptors (Lipinski definition) is 7. The van der Waals surface area contributed by atoms with Crippen molar-refractivity contribution in [3.05, 3.63) is 11.6 Å². The van der Waals surface area contributed by atoms with E-state index >= 15 is 0 Å². The minimum Gasteiger partial charge on any atom is -0.465 e. The van der Waals surface area contributed by atoms with E-state index in [2.05, 4.69) is 6.08 Å². The first-order chi connectivity index (χ1) is 12.2. The lowest BCUT2D eigenvalue weighted by molar-refractivity contribution is -0.233. The lowest BCUT2D eigenvalue weighted by atomic mass is 9.51. The predicted octanol–water partition coefficient (Wildman–Crippen LogP) is 1.12. The number of rotatable bonds is 3. The number of carbonyl (C=O) groups excluding carboxylic acids is 2. The number of esters is 2. The van der Waals surface area contributed by atoms with E-state index in [-0.39, 0.29) is 18.7 Å². The second-order valence-electron chi connectivity index (χ2n) is 8.33. The summed E-state index contributed by atoms with van der Waals surface area (Å²) in [6, 6.07) is 0. The molecule has 1 N–H and O–H groups in total. The normalized spacial score (nSPS) is 48.6. The number of carbonyl (C=O) groups is 2. The maximum atomic E-state index is 11.8. The SMILES string of the molecule is CC(=O)OC[C@@]12CCC(C)=C[C@H]1O[C@@H]1[C@H](O)[C@H](OC(C)=O)[C@@]2(C)[C@@]12CO2. The highest BCUT2D eigenvalue weighted by Crippen LogP contribution is 2.72. The molecule has 7 atom stereocenters. The Kier molecular flexibility index (Phi) is 3.82. The molecule has 2 aliphatic carbocycles. The van der Waals surface area contributed by atoms with Crippen LogP contribution in [0.3, 0.4) is 0 Å². The zero-order valence-corrected chi connectivity index (χ0v) is 15.6. The van der Waals surface area contributed by atoms with Crippen LogP contribution in [0.4, 0.5) is 0 Å². The van der Waals surface area contributed by atoms with Crippen LogP contribution in [0.25, 0.3) is 0 Å². The van der Waals surface area contributed by atoms with Gasteiger partial charge in [-0.05, 0) is 19.8 Å². The Bertz CT molecular complexity index is 681. The molecule has 2 bridgehead atoms. The quantitative estimate of drug-likeness (QED) is 0.454. The summed E-state index contributed by atoms with van der Waals surface area (Å²) >= 11 is 0. The fourth-order valence-corrected chi connectivity index (χ4v) is 5.60. The lowest BCUT2D eigenvalue weighted by Crippen LogP contribution is -2.66. The Morgan fingerprint density at radius 3 is 2.62 bits per heavy atom. The van der Waals surface area contributed by atoms with Gasteiger partial charge in [0.05, 0.1) is 18.1 Å². The van der Waals surface area contributed by atoms with E-state index in [4.69, 9.17) is 18.9 Å². The molecule has 1 spiro atoms. The van der Waals surface area contributed by atoms with Crippen molar-refractivity contribution in [2.24, 2.45) is 10.8 Å². The first-order valence-electron chi connectivity index (χ1n) is 9.13. The fourth-order valence-electron chi connectivity index (χ4n) is 5.60. The molecular formula is C19H26O7. The van der Waals surface area contributed by atoms with Crippen LogP contribution in [-0.4, -0.2) is 60.3 Å². The minimum atomic E-state index is -0.986. The van der Waals surface area contributed by atoms with Crippen LogP contribution in [0.2, 0.25) is 0 Å². The van der Waals surface area contributed by atoms with E-state index in [1.807, 2.05) is 13.8 Å². The van der Waals surface area contributed by atoms with Gasteiger partial charge in [0.1, 0.15) is 30.5 Å². The number of allylic oxidation sites excluding steroid dienone is 1. The second kappa shape index (κ2) is 5.53. The summed E-state index contributed by atoms with van der Waals surface area (Å²) in [4.78, 5) is 23.4. The Hall–Kier alpha value is -1.44. The molecule has 7 nitrogen and oxygen atoms in total. The monoisotopic (exact) mass is 366 g/mol. The average Bonchev–Trinajstić information content (AvgIpc) is 3.34. The van der Waals surface area contributed by atoms with E-state index in [0.29, 0.717) is 13.0 Å².